The van der Waals surface area contributed by atoms with Gasteiger partial charge in [0.15, 0.2) is 5.75 Å². The minimum Gasteiger partial charge on any atom is -0.481 e. The molecule has 222 valence electrons. The summed E-state index contributed by atoms with van der Waals surface area (Å²) in [6.07, 6.45) is -2.74. The lowest BCUT2D eigenvalue weighted by Crippen LogP contribution is -2.55. The smallest absolute Gasteiger partial charge is 0.411 e. The van der Waals surface area contributed by atoms with Crippen LogP contribution in [-0.4, -0.2) is 77.3 Å². The van der Waals surface area contributed by atoms with E-state index in [1.165, 1.54) is 12.1 Å². The van der Waals surface area contributed by atoms with Crippen molar-refractivity contribution in [2.75, 3.05) is 38.2 Å². The van der Waals surface area contributed by atoms with Crippen molar-refractivity contribution in [1.82, 2.24) is 14.7 Å². The zero-order chi connectivity index (χ0) is 29.7. The number of nitrogens with one attached hydrogen (secondary N) is 1. The van der Waals surface area contributed by atoms with Gasteiger partial charge in [0.05, 0.1) is 18.2 Å². The van der Waals surface area contributed by atoms with Crippen molar-refractivity contribution in [3.63, 3.8) is 0 Å². The molecule has 1 aromatic heterocycles. The van der Waals surface area contributed by atoms with Gasteiger partial charge in [-0.1, -0.05) is 25.4 Å². The highest BCUT2D eigenvalue weighted by Gasteiger charge is 2.46. The molecule has 40 heavy (non-hydrogen) atoms. The third-order valence-corrected chi connectivity index (χ3v) is 6.83. The van der Waals surface area contributed by atoms with Gasteiger partial charge in [-0.15, -0.1) is 0 Å². The molecule has 1 amide bonds. The summed E-state index contributed by atoms with van der Waals surface area (Å²) in [6, 6.07) is 5.66. The van der Waals surface area contributed by atoms with E-state index in [9.17, 15) is 36.6 Å². The average molecular weight is 597 g/mol. The van der Waals surface area contributed by atoms with Crippen molar-refractivity contribution >= 4 is 29.2 Å². The molecular formula is C25H30ClF5N4O5. The molecule has 15 heteroatoms. The van der Waals surface area contributed by atoms with E-state index in [0.29, 0.717) is 0 Å². The monoisotopic (exact) mass is 596 g/mol. The predicted molar refractivity (Wildman–Crippen MR) is 135 cm³/mol. The zero-order valence-electron chi connectivity index (χ0n) is 21.8. The van der Waals surface area contributed by atoms with E-state index >= 15 is 0 Å². The Kier molecular flexibility index (Phi) is 10.4. The van der Waals surface area contributed by atoms with E-state index in [2.05, 4.69) is 19.9 Å². The highest BCUT2D eigenvalue weighted by molar-refractivity contribution is 6.30. The van der Waals surface area contributed by atoms with Crippen LogP contribution in [0.5, 0.6) is 5.75 Å². The first-order valence-electron chi connectivity index (χ1n) is 12.4. The number of carboxylic acids is 1. The maximum absolute atomic E-state index is 13.9. The number of benzene rings is 1. The van der Waals surface area contributed by atoms with Crippen LogP contribution >= 0.6 is 11.6 Å². The second kappa shape index (κ2) is 13.1. The summed E-state index contributed by atoms with van der Waals surface area (Å²) in [6.45, 7) is -1.20. The molecule has 2 N–H and O–H groups in total. The van der Waals surface area contributed by atoms with E-state index in [1.54, 1.807) is 21.8 Å². The van der Waals surface area contributed by atoms with E-state index in [1.807, 2.05) is 13.8 Å². The third kappa shape index (κ3) is 8.04. The summed E-state index contributed by atoms with van der Waals surface area (Å²) in [5.74, 6) is -3.43. The Morgan fingerprint density at radius 1 is 1.20 bits per heavy atom. The highest BCUT2D eigenvalue weighted by Crippen LogP contribution is 2.37. The number of carbonyl (C=O) groups excluding carboxylic acids is 1. The first-order chi connectivity index (χ1) is 18.7. The molecule has 0 saturated carbocycles. The third-order valence-electron chi connectivity index (χ3n) is 6.60. The Labute approximate surface area is 232 Å². The fraction of sp³-hybridized carbons (Fsp3) is 0.560. The number of hydrogen-bond acceptors (Lipinski definition) is 6. The van der Waals surface area contributed by atoms with Gasteiger partial charge < -0.3 is 24.8 Å². The molecule has 9 nitrogen and oxygen atoms in total. The summed E-state index contributed by atoms with van der Waals surface area (Å²) in [4.78, 5) is 27.3. The minimum absolute atomic E-state index is 0.0255. The lowest BCUT2D eigenvalue weighted by molar-refractivity contribution is -0.180. The molecule has 0 aliphatic carbocycles. The number of nitrogens with zero attached hydrogens (tertiary/aromatic N) is 3. The number of halogens is 6. The Morgan fingerprint density at radius 3 is 2.45 bits per heavy atom. The standard InChI is InChI=1S/C25H30ClF5N4O5/c1-15(2)19-5-8-32-35(19)24(22(38)33-18-4-3-17(26)11-20(18)40-23(27)28)6-9-34(10-7-24)12-16(21(36)37)13-39-14-25(29,30)31/h3-5,8,11,15-16,23H,6-7,9-10,12-14H2,1-2H3,(H,33,38)(H,36,37)/t16-/m1/s1. The average Bonchev–Trinajstić information content (AvgIpc) is 3.35. The summed E-state index contributed by atoms with van der Waals surface area (Å²) in [7, 11) is 0. The van der Waals surface area contributed by atoms with E-state index < -0.39 is 49.3 Å². The van der Waals surface area contributed by atoms with Crippen molar-refractivity contribution in [2.24, 2.45) is 5.92 Å². The SMILES string of the molecule is CC(C)c1ccnn1C1(C(=O)Nc2ccc(Cl)cc2OC(F)F)CCN(C[C@H](COCC(F)(F)F)C(=O)O)CC1. The largest absolute Gasteiger partial charge is 0.481 e. The molecule has 2 aromatic rings. The van der Waals surface area contributed by atoms with Gasteiger partial charge in [0.2, 0.25) is 0 Å². The van der Waals surface area contributed by atoms with Crippen molar-refractivity contribution in [3.8, 4) is 5.75 Å². The molecule has 1 fully saturated rings. The van der Waals surface area contributed by atoms with Crippen LogP contribution in [0, 0.1) is 5.92 Å². The molecule has 3 rings (SSSR count). The topological polar surface area (TPSA) is 106 Å². The van der Waals surface area contributed by atoms with Gasteiger partial charge in [-0.25, -0.2) is 0 Å². The van der Waals surface area contributed by atoms with E-state index in [4.69, 9.17) is 11.6 Å². The van der Waals surface area contributed by atoms with Crippen LogP contribution < -0.4 is 10.1 Å². The van der Waals surface area contributed by atoms with Gasteiger partial charge in [-0.2, -0.15) is 27.1 Å². The molecule has 0 spiro atoms. The second-order valence-corrected chi connectivity index (χ2v) is 10.2. The number of rotatable bonds is 12. The maximum atomic E-state index is 13.9. The van der Waals surface area contributed by atoms with Crippen molar-refractivity contribution in [1.29, 1.82) is 0 Å². The number of aliphatic carboxylic acids is 1. The predicted octanol–water partition coefficient (Wildman–Crippen LogP) is 4.97. The summed E-state index contributed by atoms with van der Waals surface area (Å²) >= 11 is 5.92. The molecule has 2 heterocycles. The normalized spacial score (nSPS) is 16.8. The molecule has 1 aliphatic rings. The second-order valence-electron chi connectivity index (χ2n) is 9.79. The number of amides is 1. The van der Waals surface area contributed by atoms with Crippen LogP contribution in [0.15, 0.2) is 30.5 Å². The Morgan fingerprint density at radius 2 is 1.88 bits per heavy atom. The number of aromatic nitrogens is 2. The van der Waals surface area contributed by atoms with Gasteiger partial charge in [-0.3, -0.25) is 14.3 Å². The number of carbonyl (C=O) groups is 2. The summed E-state index contributed by atoms with van der Waals surface area (Å²) < 4.78 is 74.0. The number of carboxylic acid groups (broad SMARTS) is 1. The van der Waals surface area contributed by atoms with Crippen molar-refractivity contribution in [2.45, 2.75) is 50.9 Å². The van der Waals surface area contributed by atoms with E-state index in [0.717, 1.165) is 11.8 Å². The lowest BCUT2D eigenvalue weighted by atomic mass is 9.85. The maximum Gasteiger partial charge on any atom is 0.411 e. The van der Waals surface area contributed by atoms with E-state index in [-0.39, 0.29) is 54.9 Å². The van der Waals surface area contributed by atoms with Gasteiger partial charge >= 0.3 is 18.8 Å². The van der Waals surface area contributed by atoms with Crippen molar-refractivity contribution in [3.05, 3.63) is 41.2 Å². The number of alkyl halides is 5. The van der Waals surface area contributed by atoms with Crippen LogP contribution in [0.25, 0.3) is 0 Å². The van der Waals surface area contributed by atoms with Crippen LogP contribution in [0.1, 0.15) is 38.3 Å². The number of hydrogen-bond donors (Lipinski definition) is 2. The molecule has 1 atom stereocenters. The minimum atomic E-state index is -4.58. The molecule has 0 bridgehead atoms. The Bertz CT molecular complexity index is 1170. The first kappa shape index (κ1) is 31.6. The zero-order valence-corrected chi connectivity index (χ0v) is 22.5. The quantitative estimate of drug-likeness (QED) is 0.333. The van der Waals surface area contributed by atoms with Gasteiger partial charge in [0.25, 0.3) is 5.91 Å². The highest BCUT2D eigenvalue weighted by atomic mass is 35.5. The summed E-state index contributed by atoms with van der Waals surface area (Å²) in [5.41, 5.74) is -0.567. The fourth-order valence-corrected chi connectivity index (χ4v) is 4.77. The number of piperidine rings is 1. The van der Waals surface area contributed by atoms with Crippen LogP contribution in [0.3, 0.4) is 0 Å². The fourth-order valence-electron chi connectivity index (χ4n) is 4.61. The number of anilines is 1. The Hall–Kier alpha value is -2.97. The lowest BCUT2D eigenvalue weighted by Gasteiger charge is -2.42. The molecular weight excluding hydrogens is 567 g/mol. The summed E-state index contributed by atoms with van der Waals surface area (Å²) in [5, 5.41) is 16.7. The molecule has 0 unspecified atom stereocenters. The molecule has 1 aromatic carbocycles. The van der Waals surface area contributed by atoms with Crippen LogP contribution in [0.4, 0.5) is 27.6 Å². The van der Waals surface area contributed by atoms with Crippen LogP contribution in [0.2, 0.25) is 5.02 Å². The van der Waals surface area contributed by atoms with Crippen molar-refractivity contribution < 1.29 is 46.1 Å². The van der Waals surface area contributed by atoms with Gasteiger partial charge in [0.1, 0.15) is 12.1 Å². The van der Waals surface area contributed by atoms with Gasteiger partial charge in [0, 0.05) is 42.6 Å². The van der Waals surface area contributed by atoms with Crippen LogP contribution in [-0.2, 0) is 19.9 Å². The molecule has 0 radical (unpaired) electrons. The number of likely N-dealkylation sites (tertiary alicyclic amines) is 1. The molecule has 1 saturated heterocycles. The Balaban J connectivity index is 1.83. The first-order valence-corrected chi connectivity index (χ1v) is 12.8. The molecule has 1 aliphatic heterocycles. The number of ether oxygens (including phenoxy) is 2. The van der Waals surface area contributed by atoms with Gasteiger partial charge in [-0.05, 0) is 37.0 Å².